The number of para-hydroxylation sites is 2. The predicted octanol–water partition coefficient (Wildman–Crippen LogP) is 7.63. The van der Waals surface area contributed by atoms with Crippen molar-refractivity contribution < 1.29 is 27.2 Å². The van der Waals surface area contributed by atoms with Crippen molar-refractivity contribution in [3.05, 3.63) is 131 Å². The van der Waals surface area contributed by atoms with E-state index in [4.69, 9.17) is 28.6 Å². The number of nitrogens with zero attached hydrogens (tertiary/aromatic N) is 2. The molecule has 0 saturated carbocycles. The normalized spacial score (nSPS) is 11.4. The molecule has 4 nitrogen and oxygen atoms in total. The second-order valence-corrected chi connectivity index (χ2v) is 10.6. The molecule has 0 aliphatic carbocycles. The number of unbranched alkanes of at least 4 members (excludes halogenated alkanes) is 1. The molecule has 0 amide bonds. The standard InChI is InChI=1S/C30H28N2O2.2ClH.Ti/c33-27-19-9-7-17-25(27)29(23-13-3-1-4-14-23)31-21-11-12-22-32-30(24-15-5-2-6-16-24)26-18-8-10-20-28(26)34;;;/h1-10,13-20,33-34H,11-12,21-22H2;2*1H;/q;;;+2/p-2. The van der Waals surface area contributed by atoms with E-state index < -0.39 is 17.0 Å². The van der Waals surface area contributed by atoms with E-state index in [-0.39, 0.29) is 11.5 Å². The number of aliphatic imine (C=N–C) groups is 2. The molecule has 4 aromatic rings. The molecule has 4 rings (SSSR count). The van der Waals surface area contributed by atoms with E-state index in [2.05, 4.69) is 0 Å². The fourth-order valence-electron chi connectivity index (χ4n) is 3.81. The Hall–Kier alpha value is -2.89. The van der Waals surface area contributed by atoms with E-state index in [0.29, 0.717) is 13.1 Å². The van der Waals surface area contributed by atoms with Crippen molar-refractivity contribution >= 4 is 30.0 Å². The summed E-state index contributed by atoms with van der Waals surface area (Å²) in [6.45, 7) is 1.26. The second kappa shape index (κ2) is 16.1. The Labute approximate surface area is 235 Å². The summed E-state index contributed by atoms with van der Waals surface area (Å²) in [7, 11) is 9.78. The Kier molecular flexibility index (Phi) is 12.4. The zero-order valence-electron chi connectivity index (χ0n) is 20.3. The van der Waals surface area contributed by atoms with E-state index >= 15 is 0 Å². The first kappa shape index (κ1) is 28.7. The van der Waals surface area contributed by atoms with Gasteiger partial charge in [-0.1, -0.05) is 84.9 Å². The van der Waals surface area contributed by atoms with Crippen molar-refractivity contribution in [2.45, 2.75) is 12.8 Å². The molecule has 0 radical (unpaired) electrons. The van der Waals surface area contributed by atoms with Gasteiger partial charge in [-0.2, -0.15) is 0 Å². The van der Waals surface area contributed by atoms with Crippen molar-refractivity contribution in [2.24, 2.45) is 9.98 Å². The Morgan fingerprint density at radius 1 is 0.541 bits per heavy atom. The first-order valence-corrected chi connectivity index (χ1v) is 16.2. The van der Waals surface area contributed by atoms with Gasteiger partial charge in [0.1, 0.15) is 11.5 Å². The summed E-state index contributed by atoms with van der Waals surface area (Å²) in [5.74, 6) is 0.453. The van der Waals surface area contributed by atoms with Crippen molar-refractivity contribution in [1.29, 1.82) is 0 Å². The van der Waals surface area contributed by atoms with E-state index in [9.17, 15) is 10.2 Å². The molecule has 0 aromatic heterocycles. The molecule has 0 fully saturated rings. The summed E-state index contributed by atoms with van der Waals surface area (Å²) in [4.78, 5) is 9.68. The number of phenols is 2. The molecular formula is C30H28Cl2N2O2Ti. The van der Waals surface area contributed by atoms with Crippen LogP contribution in [0.4, 0.5) is 0 Å². The topological polar surface area (TPSA) is 65.2 Å². The molecule has 4 aromatic carbocycles. The van der Waals surface area contributed by atoms with Gasteiger partial charge in [0.2, 0.25) is 0 Å². The van der Waals surface area contributed by atoms with Gasteiger partial charge in [0.15, 0.2) is 0 Å². The molecular weight excluding hydrogens is 539 g/mol. The Morgan fingerprint density at radius 3 is 1.22 bits per heavy atom. The van der Waals surface area contributed by atoms with Crippen LogP contribution in [0, 0.1) is 0 Å². The molecule has 0 atom stereocenters. The van der Waals surface area contributed by atoms with Crippen LogP contribution >= 0.6 is 18.6 Å². The molecule has 0 saturated heterocycles. The van der Waals surface area contributed by atoms with Gasteiger partial charge in [-0.05, 0) is 37.1 Å². The van der Waals surface area contributed by atoms with E-state index in [1.54, 1.807) is 12.1 Å². The van der Waals surface area contributed by atoms with Crippen LogP contribution < -0.4 is 0 Å². The summed E-state index contributed by atoms with van der Waals surface area (Å²) in [5, 5.41) is 20.7. The average molecular weight is 567 g/mol. The van der Waals surface area contributed by atoms with Gasteiger partial charge < -0.3 is 10.2 Å². The zero-order valence-corrected chi connectivity index (χ0v) is 23.3. The maximum atomic E-state index is 10.4. The van der Waals surface area contributed by atoms with Gasteiger partial charge in [-0.25, -0.2) is 0 Å². The molecule has 0 aliphatic heterocycles. The van der Waals surface area contributed by atoms with Gasteiger partial charge in [-0.3, -0.25) is 9.98 Å². The first-order chi connectivity index (χ1) is 18.2. The van der Waals surface area contributed by atoms with Crippen LogP contribution in [0.25, 0.3) is 0 Å². The van der Waals surface area contributed by atoms with Crippen LogP contribution in [-0.4, -0.2) is 34.7 Å². The third kappa shape index (κ3) is 8.87. The number of hydrogen-bond acceptors (Lipinski definition) is 4. The van der Waals surface area contributed by atoms with Gasteiger partial charge in [0.05, 0.1) is 11.4 Å². The van der Waals surface area contributed by atoms with E-state index in [1.807, 2.05) is 97.1 Å². The summed E-state index contributed by atoms with van der Waals surface area (Å²) >= 11 is -0.556. The van der Waals surface area contributed by atoms with Gasteiger partial charge in [0.25, 0.3) is 0 Å². The van der Waals surface area contributed by atoms with Crippen LogP contribution in [0.15, 0.2) is 119 Å². The maximum absolute atomic E-state index is 10.4. The molecule has 0 unspecified atom stereocenters. The molecule has 188 valence electrons. The summed E-state index contributed by atoms with van der Waals surface area (Å²) < 4.78 is 0. The fraction of sp³-hybridized carbons (Fsp3) is 0.133. The average Bonchev–Trinajstić information content (AvgIpc) is 2.93. The number of aromatic hydroxyl groups is 2. The number of halogens is 2. The Balaban J connectivity index is 0.00000121. The van der Waals surface area contributed by atoms with Crippen LogP contribution in [0.2, 0.25) is 0 Å². The molecule has 0 bridgehead atoms. The SMILES string of the molecule is Oc1ccccc1C(=NCCCCN=C(c1ccccc1)c1ccccc1O)c1ccccc1.[Cl][Ti][Cl]. The molecule has 7 heteroatoms. The fourth-order valence-corrected chi connectivity index (χ4v) is 3.81. The van der Waals surface area contributed by atoms with Crippen LogP contribution in [-0.2, 0) is 17.0 Å². The molecule has 2 N–H and O–H groups in total. The van der Waals surface area contributed by atoms with Crippen LogP contribution in [0.1, 0.15) is 35.1 Å². The second-order valence-electron chi connectivity index (χ2n) is 8.01. The van der Waals surface area contributed by atoms with Crippen molar-refractivity contribution in [3.63, 3.8) is 0 Å². The third-order valence-corrected chi connectivity index (χ3v) is 5.52. The molecule has 0 spiro atoms. The van der Waals surface area contributed by atoms with E-state index in [0.717, 1.165) is 46.5 Å². The minimum atomic E-state index is -0.556. The minimum absolute atomic E-state index is 0.227. The predicted molar refractivity (Wildman–Crippen MR) is 151 cm³/mol. The quantitative estimate of drug-likeness (QED) is 0.124. The van der Waals surface area contributed by atoms with Crippen LogP contribution in [0.5, 0.6) is 11.5 Å². The zero-order chi connectivity index (χ0) is 26.3. The monoisotopic (exact) mass is 566 g/mol. The molecule has 37 heavy (non-hydrogen) atoms. The summed E-state index contributed by atoms with van der Waals surface area (Å²) in [6.07, 6.45) is 1.71. The third-order valence-electron chi connectivity index (χ3n) is 5.52. The van der Waals surface area contributed by atoms with Crippen molar-refractivity contribution in [1.82, 2.24) is 0 Å². The number of phenolic OH excluding ortho intramolecular Hbond substituents is 2. The van der Waals surface area contributed by atoms with E-state index in [1.165, 1.54) is 0 Å². The van der Waals surface area contributed by atoms with Gasteiger partial charge in [0, 0.05) is 35.3 Å². The van der Waals surface area contributed by atoms with Crippen LogP contribution in [0.3, 0.4) is 0 Å². The van der Waals surface area contributed by atoms with Gasteiger partial charge in [-0.15, -0.1) is 0 Å². The Morgan fingerprint density at radius 2 is 0.865 bits per heavy atom. The Bertz CT molecular complexity index is 1200. The summed E-state index contributed by atoms with van der Waals surface area (Å²) in [5.41, 5.74) is 5.01. The van der Waals surface area contributed by atoms with Crippen molar-refractivity contribution in [2.75, 3.05) is 13.1 Å². The van der Waals surface area contributed by atoms with Crippen molar-refractivity contribution in [3.8, 4) is 11.5 Å². The number of rotatable bonds is 9. The van der Waals surface area contributed by atoms with Gasteiger partial charge >= 0.3 is 35.6 Å². The number of benzene rings is 4. The first-order valence-electron chi connectivity index (χ1n) is 11.9. The molecule has 0 aliphatic rings. The number of hydrogen-bond donors (Lipinski definition) is 2. The summed E-state index contributed by atoms with van der Waals surface area (Å²) in [6, 6.07) is 34.5. The molecule has 0 heterocycles.